The first kappa shape index (κ1) is 13.2. The second kappa shape index (κ2) is 6.66. The Balaban J connectivity index is 4.63. The molecule has 0 heterocycles. The molecular weight excluding hydrogens is 194 g/mol. The van der Waals surface area contributed by atoms with Crippen LogP contribution in [0.1, 0.15) is 20.3 Å². The highest BCUT2D eigenvalue weighted by molar-refractivity contribution is 5.94. The van der Waals surface area contributed by atoms with E-state index < -0.39 is 5.97 Å². The molecule has 0 bridgehead atoms. The van der Waals surface area contributed by atoms with Gasteiger partial charge in [0.05, 0.1) is 6.54 Å². The van der Waals surface area contributed by atoms with Crippen LogP contribution in [0.5, 0.6) is 0 Å². The molecule has 0 aromatic carbocycles. The summed E-state index contributed by atoms with van der Waals surface area (Å²) in [5.74, 6) is 0.877. The predicted molar refractivity (Wildman–Crippen MR) is 57.1 cm³/mol. The van der Waals surface area contributed by atoms with Gasteiger partial charge in [-0.25, -0.2) is 0 Å². The quantitative estimate of drug-likeness (QED) is 0.540. The van der Waals surface area contributed by atoms with E-state index in [0.717, 1.165) is 11.3 Å². The van der Waals surface area contributed by atoms with Crippen molar-refractivity contribution in [2.24, 2.45) is 0 Å². The van der Waals surface area contributed by atoms with E-state index in [2.05, 4.69) is 5.92 Å². The second-order valence-electron chi connectivity index (χ2n) is 3.05. The molecule has 0 fully saturated rings. The van der Waals surface area contributed by atoms with Crippen molar-refractivity contribution in [1.82, 2.24) is 4.90 Å². The van der Waals surface area contributed by atoms with Gasteiger partial charge in [-0.3, -0.25) is 9.59 Å². The van der Waals surface area contributed by atoms with Gasteiger partial charge in [-0.05, 0) is 13.3 Å². The van der Waals surface area contributed by atoms with Gasteiger partial charge in [0.25, 0.3) is 0 Å². The Morgan fingerprint density at radius 2 is 2.13 bits per heavy atom. The average molecular weight is 209 g/mol. The molecule has 15 heavy (non-hydrogen) atoms. The molecule has 1 N–H and O–H groups in total. The zero-order valence-electron chi connectivity index (χ0n) is 8.99. The number of rotatable bonds is 5. The zero-order valence-corrected chi connectivity index (χ0v) is 8.99. The largest absolute Gasteiger partial charge is 0.480 e. The lowest BCUT2D eigenvalue weighted by atomic mass is 10.2. The van der Waals surface area contributed by atoms with Crippen LogP contribution in [0.2, 0.25) is 0 Å². The van der Waals surface area contributed by atoms with Gasteiger partial charge in [-0.1, -0.05) is 18.9 Å². The van der Waals surface area contributed by atoms with E-state index in [1.54, 1.807) is 13.0 Å². The minimum Gasteiger partial charge on any atom is -0.480 e. The molecule has 0 saturated heterocycles. The van der Waals surface area contributed by atoms with E-state index in [9.17, 15) is 9.59 Å². The van der Waals surface area contributed by atoms with Crippen molar-refractivity contribution in [3.63, 3.8) is 0 Å². The van der Waals surface area contributed by atoms with Gasteiger partial charge in [0.1, 0.15) is 6.54 Å². The number of carboxylic acid groups (broad SMARTS) is 1. The summed E-state index contributed by atoms with van der Waals surface area (Å²) in [4.78, 5) is 23.3. The van der Waals surface area contributed by atoms with Gasteiger partial charge >= 0.3 is 5.97 Å². The fourth-order valence-electron chi connectivity index (χ4n) is 1.12. The molecule has 0 aliphatic heterocycles. The molecule has 4 heteroatoms. The van der Waals surface area contributed by atoms with E-state index in [1.165, 1.54) is 0 Å². The number of terminal acetylenes is 1. The van der Waals surface area contributed by atoms with Gasteiger partial charge in [0.15, 0.2) is 0 Å². The second-order valence-corrected chi connectivity index (χ2v) is 3.05. The molecule has 0 spiro atoms. The highest BCUT2D eigenvalue weighted by Crippen LogP contribution is 2.02. The summed E-state index contributed by atoms with van der Waals surface area (Å²) in [5, 5.41) is 8.59. The van der Waals surface area contributed by atoms with Crippen LogP contribution in [0.4, 0.5) is 0 Å². The Morgan fingerprint density at radius 3 is 2.53 bits per heavy atom. The summed E-state index contributed by atoms with van der Waals surface area (Å²) in [6, 6.07) is 0. The molecule has 0 aliphatic carbocycles. The van der Waals surface area contributed by atoms with Crippen molar-refractivity contribution in [2.75, 3.05) is 13.1 Å². The molecule has 1 amide bonds. The molecule has 0 aliphatic rings. The predicted octanol–water partition coefficient (Wildman–Crippen LogP) is 0.889. The molecule has 0 aromatic heterocycles. The van der Waals surface area contributed by atoms with Crippen LogP contribution in [0.25, 0.3) is 0 Å². The molecule has 82 valence electrons. The van der Waals surface area contributed by atoms with Crippen molar-refractivity contribution < 1.29 is 14.7 Å². The van der Waals surface area contributed by atoms with Crippen LogP contribution in [0.15, 0.2) is 11.6 Å². The minimum absolute atomic E-state index is 0.0139. The summed E-state index contributed by atoms with van der Waals surface area (Å²) >= 11 is 0. The zero-order chi connectivity index (χ0) is 11.8. The molecule has 0 saturated carbocycles. The number of aliphatic carboxylic acids is 1. The maximum absolute atomic E-state index is 11.7. The number of carbonyl (C=O) groups excluding carboxylic acids is 1. The van der Waals surface area contributed by atoms with Crippen molar-refractivity contribution in [3.8, 4) is 12.3 Å². The fraction of sp³-hybridized carbons (Fsp3) is 0.455. The summed E-state index contributed by atoms with van der Waals surface area (Å²) in [6.45, 7) is 3.20. The van der Waals surface area contributed by atoms with Crippen LogP contribution in [-0.2, 0) is 9.59 Å². The molecule has 0 unspecified atom stereocenters. The van der Waals surface area contributed by atoms with Gasteiger partial charge in [-0.15, -0.1) is 6.42 Å². The van der Waals surface area contributed by atoms with Crippen LogP contribution in [0.3, 0.4) is 0 Å². The Labute approximate surface area is 89.6 Å². The highest BCUT2D eigenvalue weighted by Gasteiger charge is 2.16. The van der Waals surface area contributed by atoms with Crippen LogP contribution < -0.4 is 0 Å². The van der Waals surface area contributed by atoms with Crippen LogP contribution in [-0.4, -0.2) is 35.0 Å². The Bertz CT molecular complexity index is 312. The molecule has 0 aromatic rings. The van der Waals surface area contributed by atoms with Gasteiger partial charge in [0, 0.05) is 5.57 Å². The van der Waals surface area contributed by atoms with E-state index in [1.807, 2.05) is 6.92 Å². The van der Waals surface area contributed by atoms with Gasteiger partial charge in [0.2, 0.25) is 5.91 Å². The minimum atomic E-state index is -1.07. The molecular formula is C11H15NO3. The number of amides is 1. The number of hydrogen-bond acceptors (Lipinski definition) is 2. The van der Waals surface area contributed by atoms with Crippen molar-refractivity contribution >= 4 is 11.9 Å². The van der Waals surface area contributed by atoms with Crippen LogP contribution in [0, 0.1) is 12.3 Å². The van der Waals surface area contributed by atoms with E-state index in [0.29, 0.717) is 5.57 Å². The van der Waals surface area contributed by atoms with E-state index in [-0.39, 0.29) is 19.0 Å². The normalized spacial score (nSPS) is 10.6. The first-order valence-electron chi connectivity index (χ1n) is 4.64. The molecule has 4 nitrogen and oxygen atoms in total. The molecule has 0 rings (SSSR count). The third-order valence-corrected chi connectivity index (χ3v) is 1.74. The maximum Gasteiger partial charge on any atom is 0.323 e. The summed E-state index contributed by atoms with van der Waals surface area (Å²) in [6.07, 6.45) is 7.54. The van der Waals surface area contributed by atoms with Crippen LogP contribution >= 0.6 is 0 Å². The first-order valence-corrected chi connectivity index (χ1v) is 4.64. The number of carboxylic acids is 1. The monoisotopic (exact) mass is 209 g/mol. The maximum atomic E-state index is 11.7. The smallest absolute Gasteiger partial charge is 0.323 e. The first-order chi connectivity index (χ1) is 7.02. The number of carbonyl (C=O) groups is 2. The number of nitrogens with zero attached hydrogens (tertiary/aromatic N) is 1. The summed E-state index contributed by atoms with van der Waals surface area (Å²) in [5.41, 5.74) is 0.522. The Hall–Kier alpha value is -1.76. The summed E-state index contributed by atoms with van der Waals surface area (Å²) < 4.78 is 0. The SMILES string of the molecule is C#CCN(CC(=O)O)C(=O)C(C)=CCC. The number of hydrogen-bond donors (Lipinski definition) is 1. The average Bonchev–Trinajstić information content (AvgIpc) is 2.16. The number of allylic oxidation sites excluding steroid dienone is 1. The van der Waals surface area contributed by atoms with Crippen molar-refractivity contribution in [3.05, 3.63) is 11.6 Å². The van der Waals surface area contributed by atoms with Crippen molar-refractivity contribution in [2.45, 2.75) is 20.3 Å². The lowest BCUT2D eigenvalue weighted by Gasteiger charge is -2.18. The molecule has 0 radical (unpaired) electrons. The van der Waals surface area contributed by atoms with E-state index >= 15 is 0 Å². The topological polar surface area (TPSA) is 57.6 Å². The van der Waals surface area contributed by atoms with Crippen molar-refractivity contribution in [1.29, 1.82) is 0 Å². The standard InChI is InChI=1S/C11H15NO3/c1-4-6-9(3)11(15)12(7-5-2)8-10(13)14/h2,6H,4,7-8H2,1,3H3,(H,13,14). The van der Waals surface area contributed by atoms with E-state index in [4.69, 9.17) is 11.5 Å². The summed E-state index contributed by atoms with van der Waals surface area (Å²) in [7, 11) is 0. The lowest BCUT2D eigenvalue weighted by Crippen LogP contribution is -2.36. The van der Waals surface area contributed by atoms with Gasteiger partial charge < -0.3 is 10.0 Å². The third kappa shape index (κ3) is 4.87. The third-order valence-electron chi connectivity index (χ3n) is 1.74. The fourth-order valence-corrected chi connectivity index (χ4v) is 1.12. The van der Waals surface area contributed by atoms with Gasteiger partial charge in [-0.2, -0.15) is 0 Å². The molecule has 0 atom stereocenters. The Morgan fingerprint density at radius 1 is 1.53 bits per heavy atom. The Kier molecular flexibility index (Phi) is 5.88. The lowest BCUT2D eigenvalue weighted by molar-refractivity contribution is -0.142. The highest BCUT2D eigenvalue weighted by atomic mass is 16.4.